The van der Waals surface area contributed by atoms with Crippen molar-refractivity contribution in [2.75, 3.05) is 0 Å². The van der Waals surface area contributed by atoms with Crippen molar-refractivity contribution in [1.29, 1.82) is 0 Å². The van der Waals surface area contributed by atoms with Gasteiger partial charge in [-0.3, -0.25) is 0 Å². The van der Waals surface area contributed by atoms with Gasteiger partial charge in [0.05, 0.1) is 9.47 Å². The second kappa shape index (κ2) is 3.23. The van der Waals surface area contributed by atoms with Crippen LogP contribution in [0.4, 0.5) is 0 Å². The molecule has 6 nitrogen and oxygen atoms in total. The lowest BCUT2D eigenvalue weighted by Crippen LogP contribution is -3.57. The highest BCUT2D eigenvalue weighted by Gasteiger charge is 1.91. The van der Waals surface area contributed by atoms with E-state index in [1.807, 2.05) is 0 Å². The minimum Gasteiger partial charge on any atom is -0.548 e. The van der Waals surface area contributed by atoms with Gasteiger partial charge in [-0.2, -0.15) is 0 Å². The normalized spacial score (nSPS) is 18.9. The molecule has 7 heteroatoms. The fraction of sp³-hybridized carbons (Fsp3) is 0. The van der Waals surface area contributed by atoms with Gasteiger partial charge >= 0.3 is 0 Å². The third-order valence-corrected chi connectivity index (χ3v) is 0.541. The molecule has 0 spiro atoms. The molecule has 5 N–H and O–H groups in total. The highest BCUT2D eigenvalue weighted by molar-refractivity contribution is 7.09. The van der Waals surface area contributed by atoms with Crippen LogP contribution < -0.4 is 16.4 Å². The fourth-order valence-corrected chi connectivity index (χ4v) is 0.190. The van der Waals surface area contributed by atoms with E-state index in [0.717, 1.165) is 0 Å². The van der Waals surface area contributed by atoms with Crippen molar-refractivity contribution in [3.05, 3.63) is 11.0 Å². The smallest absolute Gasteiger partial charge is 0.0790 e. The minimum atomic E-state index is -0.829. The van der Waals surface area contributed by atoms with Crippen LogP contribution in [-0.4, -0.2) is 0 Å². The summed E-state index contributed by atoms with van der Waals surface area (Å²) in [6.07, 6.45) is 0. The Morgan fingerprint density at radius 2 is 2.29 bits per heavy atom. The lowest BCUT2D eigenvalue weighted by atomic mass is 12.2. The van der Waals surface area contributed by atoms with E-state index in [2.05, 4.69) is 10.5 Å². The summed E-state index contributed by atoms with van der Waals surface area (Å²) in [4.78, 5) is 0. The van der Waals surface area contributed by atoms with E-state index in [4.69, 9.17) is 5.84 Å². The van der Waals surface area contributed by atoms with E-state index in [1.165, 1.54) is 0 Å². The lowest BCUT2D eigenvalue weighted by Gasteiger charge is -2.22. The first kappa shape index (κ1) is 7.19. The maximum absolute atomic E-state index is 9.92. The minimum absolute atomic E-state index is 0.588. The highest BCUT2D eigenvalue weighted by atomic mass is 31.0. The average Bonchev–Trinajstić information content (AvgIpc) is 1.65. The predicted molar refractivity (Wildman–Crippen MR) is 24.6 cm³/mol. The molecule has 0 aromatic heterocycles. The maximum Gasteiger partial charge on any atom is 0.0790 e. The summed E-state index contributed by atoms with van der Waals surface area (Å²) in [6, 6.07) is 0. The van der Waals surface area contributed by atoms with E-state index >= 15 is 0 Å². The highest BCUT2D eigenvalue weighted by Crippen LogP contribution is 1.63. The van der Waals surface area contributed by atoms with Gasteiger partial charge in [-0.1, -0.05) is 5.34 Å². The van der Waals surface area contributed by atoms with Gasteiger partial charge in [-0.15, -0.1) is 15.7 Å². The van der Waals surface area contributed by atoms with Crippen molar-refractivity contribution < 1.29 is 15.2 Å². The Morgan fingerprint density at radius 1 is 1.86 bits per heavy atom. The predicted octanol–water partition coefficient (Wildman–Crippen LogP) is -3.27. The number of hydrogen-bond donors (Lipinski definition) is 3. The number of quaternary nitrogens is 2. The Labute approximate surface area is 42.7 Å². The Balaban J connectivity index is 3.14. The third-order valence-electron chi connectivity index (χ3n) is 0.327. The second-order valence-electron chi connectivity index (χ2n) is 0.819. The van der Waals surface area contributed by atoms with E-state index in [0.29, 0.717) is 0 Å². The second-order valence-corrected chi connectivity index (χ2v) is 1.05. The number of nitrogens with two attached hydrogens (primary N) is 1. The third kappa shape index (κ3) is 2.84. The van der Waals surface area contributed by atoms with E-state index in [9.17, 15) is 5.21 Å². The summed E-state index contributed by atoms with van der Waals surface area (Å²) in [5, 5.41) is 8.50. The van der Waals surface area contributed by atoms with E-state index < -0.39 is 10.6 Å². The summed E-state index contributed by atoms with van der Waals surface area (Å²) in [5.74, 6) is 11.0. The van der Waals surface area contributed by atoms with Crippen molar-refractivity contribution in [2.45, 2.75) is 0 Å². The maximum atomic E-state index is 9.92. The van der Waals surface area contributed by atoms with Gasteiger partial charge in [0.2, 0.25) is 0 Å². The van der Waals surface area contributed by atoms with Crippen LogP contribution >= 0.6 is 9.47 Å². The van der Waals surface area contributed by atoms with Crippen molar-refractivity contribution in [3.63, 3.8) is 0 Å². The van der Waals surface area contributed by atoms with Crippen LogP contribution in [0.15, 0.2) is 0 Å². The summed E-state index contributed by atoms with van der Waals surface area (Å²) in [5.41, 5.74) is 0. The summed E-state index contributed by atoms with van der Waals surface area (Å²) < 4.78 is 3.94. The first-order valence-corrected chi connectivity index (χ1v) is 1.90. The molecule has 7 heavy (non-hydrogen) atoms. The number of nitrogens with one attached hydrogen (secondary N) is 3. The molecule has 0 rings (SSSR count). The molecule has 0 aromatic rings. The molecule has 0 aliphatic heterocycles. The zero-order chi connectivity index (χ0) is 5.86. The molecule has 3 unspecified atom stereocenters. The molecule has 0 radical (unpaired) electrons. The molecule has 0 aliphatic rings. The van der Waals surface area contributed by atoms with Gasteiger partial charge in [-0.25, -0.2) is 0 Å². The molecule has 0 saturated carbocycles. The molecule has 3 atom stereocenters. The molecule has 0 heterocycles. The average molecular weight is 126 g/mol. The largest absolute Gasteiger partial charge is 0.548 e. The van der Waals surface area contributed by atoms with E-state index in [-0.39, 0.29) is 0 Å². The summed E-state index contributed by atoms with van der Waals surface area (Å²) in [7, 11) is 1.69. The number of rotatable bonds is 2. The SMILES string of the molecule is [NH-][NH+](N)[NH+]([O-])OP. The molecule has 0 aromatic carbocycles. The van der Waals surface area contributed by atoms with Gasteiger partial charge in [0.1, 0.15) is 0 Å². The fourth-order valence-electron chi connectivity index (χ4n) is 0.0635. The molecule has 0 amide bonds. The Hall–Kier alpha value is 0.190. The zero-order valence-electron chi connectivity index (χ0n) is 3.47. The molecule has 0 aliphatic carbocycles. The van der Waals surface area contributed by atoms with Gasteiger partial charge in [0.25, 0.3) is 0 Å². The van der Waals surface area contributed by atoms with Crippen molar-refractivity contribution >= 4 is 9.47 Å². The molecule has 0 fully saturated rings. The monoisotopic (exact) mass is 126 g/mol. The Kier molecular flexibility index (Phi) is 3.31. The molecule has 0 saturated heterocycles. The van der Waals surface area contributed by atoms with Crippen LogP contribution in [0.2, 0.25) is 0 Å². The van der Waals surface area contributed by atoms with Crippen LogP contribution in [-0.2, 0) is 4.62 Å². The van der Waals surface area contributed by atoms with Crippen molar-refractivity contribution in [3.8, 4) is 0 Å². The lowest BCUT2D eigenvalue weighted by molar-refractivity contribution is -1.54. The first-order valence-electron chi connectivity index (χ1n) is 1.43. The molecule has 44 valence electrons. The summed E-state index contributed by atoms with van der Waals surface area (Å²) in [6.45, 7) is 0. The van der Waals surface area contributed by atoms with Crippen LogP contribution in [0.5, 0.6) is 0 Å². The molecular weight excluding hydrogens is 119 g/mol. The van der Waals surface area contributed by atoms with Gasteiger partial charge < -0.3 is 11.0 Å². The summed E-state index contributed by atoms with van der Waals surface area (Å²) >= 11 is 0. The number of hydrogen-bond acceptors (Lipinski definition) is 3. The topological polar surface area (TPSA) is 91.0 Å². The molecule has 0 bridgehead atoms. The van der Waals surface area contributed by atoms with Crippen LogP contribution in [0.25, 0.3) is 5.84 Å². The zero-order valence-corrected chi connectivity index (χ0v) is 4.63. The van der Waals surface area contributed by atoms with Gasteiger partial charge in [-0.05, 0) is 0 Å². The van der Waals surface area contributed by atoms with E-state index in [1.54, 1.807) is 9.47 Å². The van der Waals surface area contributed by atoms with Gasteiger partial charge in [0, 0.05) is 0 Å². The Bertz CT molecular complexity index is 47.0. The first-order chi connectivity index (χ1) is 3.18. The van der Waals surface area contributed by atoms with Crippen molar-refractivity contribution in [2.24, 2.45) is 5.84 Å². The standard InChI is InChI=1S/H7N4O2P/c1-3(2)4(5)6-7/h1,3-4H,2,7H2. The van der Waals surface area contributed by atoms with Crippen molar-refractivity contribution in [1.82, 2.24) is 0 Å². The molecular formula is H7N4O2P. The van der Waals surface area contributed by atoms with Crippen LogP contribution in [0.3, 0.4) is 0 Å². The Morgan fingerprint density at radius 3 is 2.29 bits per heavy atom. The van der Waals surface area contributed by atoms with Gasteiger partial charge in [0.15, 0.2) is 0 Å². The quantitative estimate of drug-likeness (QED) is 0.206. The van der Waals surface area contributed by atoms with Crippen LogP contribution in [0, 0.1) is 5.21 Å². The van der Waals surface area contributed by atoms with Crippen LogP contribution in [0.1, 0.15) is 0 Å².